The number of nitrogens with one attached hydrogen (secondary N) is 1. The highest BCUT2D eigenvalue weighted by Gasteiger charge is 2.37. The first kappa shape index (κ1) is 14.0. The highest BCUT2D eigenvalue weighted by atomic mass is 19.1. The average molecular weight is 293 g/mol. The summed E-state index contributed by atoms with van der Waals surface area (Å²) < 4.78 is 18.4. The molecule has 7 heteroatoms. The molecule has 1 fully saturated rings. The molecule has 2 atom stereocenters. The van der Waals surface area contributed by atoms with Crippen molar-refractivity contribution in [3.05, 3.63) is 29.8 Å². The first-order chi connectivity index (χ1) is 10.1. The molecule has 0 saturated carbocycles. The maximum Gasteiger partial charge on any atom is 0.323 e. The Morgan fingerprint density at radius 3 is 3.14 bits per heavy atom. The minimum absolute atomic E-state index is 0.280. The number of aromatic nitrogens is 2. The Labute approximate surface area is 120 Å². The van der Waals surface area contributed by atoms with Crippen molar-refractivity contribution in [2.24, 2.45) is 0 Å². The summed E-state index contributed by atoms with van der Waals surface area (Å²) in [5.41, 5.74) is 0.890. The molecule has 1 aliphatic rings. The lowest BCUT2D eigenvalue weighted by Crippen LogP contribution is -2.36. The predicted molar refractivity (Wildman–Crippen MR) is 72.9 cm³/mol. The van der Waals surface area contributed by atoms with Crippen molar-refractivity contribution in [1.29, 1.82) is 0 Å². The topological polar surface area (TPSA) is 78.5 Å². The van der Waals surface area contributed by atoms with Gasteiger partial charge in [-0.2, -0.15) is 0 Å². The number of β-amino-alcohol motifs (C(OH)–C–C–N with tert-alkyl or cyclic N) is 1. The summed E-state index contributed by atoms with van der Waals surface area (Å²) in [4.78, 5) is 20.7. The first-order valence-corrected chi connectivity index (χ1v) is 6.71. The number of H-pyrrole nitrogens is 1. The van der Waals surface area contributed by atoms with Crippen LogP contribution in [-0.2, 0) is 16.1 Å². The number of likely N-dealkylation sites (tertiary alicyclic amines) is 1. The lowest BCUT2D eigenvalue weighted by Gasteiger charge is -2.20. The number of carbonyl (C=O) groups is 1. The average Bonchev–Trinajstić information content (AvgIpc) is 3.02. The number of para-hydroxylation sites is 1. The van der Waals surface area contributed by atoms with Crippen LogP contribution in [0.2, 0.25) is 0 Å². The molecule has 0 radical (unpaired) electrons. The number of carbonyl (C=O) groups excluding carboxylic acids is 1. The van der Waals surface area contributed by atoms with Crippen molar-refractivity contribution in [2.45, 2.75) is 25.1 Å². The summed E-state index contributed by atoms with van der Waals surface area (Å²) in [7, 11) is 1.32. The van der Waals surface area contributed by atoms with E-state index in [1.54, 1.807) is 17.0 Å². The third kappa shape index (κ3) is 2.62. The molecule has 2 aromatic rings. The molecule has 1 aromatic heterocycles. The van der Waals surface area contributed by atoms with E-state index in [-0.39, 0.29) is 17.3 Å². The van der Waals surface area contributed by atoms with Crippen LogP contribution in [-0.4, -0.2) is 51.7 Å². The summed E-state index contributed by atoms with van der Waals surface area (Å²) in [6.07, 6.45) is -0.239. The number of halogens is 1. The number of aliphatic hydroxyl groups excluding tert-OH is 1. The van der Waals surface area contributed by atoms with Crippen LogP contribution < -0.4 is 0 Å². The lowest BCUT2D eigenvalue weighted by molar-refractivity contribution is -0.146. The smallest absolute Gasteiger partial charge is 0.323 e. The fourth-order valence-corrected chi connectivity index (χ4v) is 2.75. The highest BCUT2D eigenvalue weighted by Crippen LogP contribution is 2.22. The van der Waals surface area contributed by atoms with Gasteiger partial charge in [-0.05, 0) is 12.1 Å². The van der Waals surface area contributed by atoms with E-state index in [1.165, 1.54) is 13.2 Å². The number of aliphatic hydroxyl groups is 1. The zero-order chi connectivity index (χ0) is 15.0. The van der Waals surface area contributed by atoms with Crippen molar-refractivity contribution in [2.75, 3.05) is 13.7 Å². The number of benzene rings is 1. The quantitative estimate of drug-likeness (QED) is 0.819. The number of fused-ring (bicyclic) bond motifs is 1. The van der Waals surface area contributed by atoms with Crippen molar-refractivity contribution >= 4 is 17.0 Å². The molecule has 0 spiro atoms. The largest absolute Gasteiger partial charge is 0.468 e. The molecule has 0 aliphatic carbocycles. The van der Waals surface area contributed by atoms with Crippen molar-refractivity contribution in [1.82, 2.24) is 14.9 Å². The van der Waals surface area contributed by atoms with E-state index in [9.17, 15) is 14.3 Å². The Morgan fingerprint density at radius 1 is 1.62 bits per heavy atom. The second kappa shape index (κ2) is 5.42. The van der Waals surface area contributed by atoms with Gasteiger partial charge in [0.05, 0.1) is 25.3 Å². The maximum atomic E-state index is 13.6. The van der Waals surface area contributed by atoms with Crippen LogP contribution in [0.15, 0.2) is 18.2 Å². The molecular formula is C14H16FN3O3. The van der Waals surface area contributed by atoms with E-state index < -0.39 is 12.1 Å². The van der Waals surface area contributed by atoms with Gasteiger partial charge in [-0.25, -0.2) is 9.37 Å². The van der Waals surface area contributed by atoms with Gasteiger partial charge in [0.1, 0.15) is 17.4 Å². The fourth-order valence-electron chi connectivity index (χ4n) is 2.75. The molecule has 3 rings (SSSR count). The normalized spacial score (nSPS) is 22.8. The van der Waals surface area contributed by atoms with Crippen LogP contribution in [0.5, 0.6) is 0 Å². The van der Waals surface area contributed by atoms with E-state index in [0.29, 0.717) is 30.9 Å². The number of nitrogens with zero attached hydrogens (tertiary/aromatic N) is 2. The van der Waals surface area contributed by atoms with Crippen molar-refractivity contribution in [3.63, 3.8) is 0 Å². The molecule has 1 aliphatic heterocycles. The minimum atomic E-state index is -0.574. The van der Waals surface area contributed by atoms with Gasteiger partial charge >= 0.3 is 5.97 Å². The SMILES string of the molecule is COC(=O)[C@H]1C[C@H](O)CN1Cc1nc2c(F)cccc2[nH]1. The van der Waals surface area contributed by atoms with Crippen molar-refractivity contribution in [3.8, 4) is 0 Å². The molecule has 1 saturated heterocycles. The molecule has 2 N–H and O–H groups in total. The van der Waals surface area contributed by atoms with E-state index in [0.717, 1.165) is 0 Å². The maximum absolute atomic E-state index is 13.6. The number of aromatic amines is 1. The molecule has 1 aromatic carbocycles. The Kier molecular flexibility index (Phi) is 3.60. The summed E-state index contributed by atoms with van der Waals surface area (Å²) in [5.74, 6) is -0.215. The number of methoxy groups -OCH3 is 1. The van der Waals surface area contributed by atoms with Crippen LogP contribution in [0.25, 0.3) is 11.0 Å². The Bertz CT molecular complexity index is 673. The highest BCUT2D eigenvalue weighted by molar-refractivity contribution is 5.76. The van der Waals surface area contributed by atoms with Crippen LogP contribution in [0.3, 0.4) is 0 Å². The summed E-state index contributed by atoms with van der Waals surface area (Å²) in [6.45, 7) is 0.685. The Balaban J connectivity index is 1.83. The monoisotopic (exact) mass is 293 g/mol. The van der Waals surface area contributed by atoms with Gasteiger partial charge in [-0.15, -0.1) is 0 Å². The van der Waals surface area contributed by atoms with Crippen LogP contribution in [0.4, 0.5) is 4.39 Å². The number of ether oxygens (including phenoxy) is 1. The standard InChI is InChI=1S/C14H16FN3O3/c1-21-14(20)11-5-8(19)6-18(11)7-12-16-10-4-2-3-9(15)13(10)17-12/h2-4,8,11,19H,5-7H2,1H3,(H,16,17)/t8-,11+/m0/s1. The number of rotatable bonds is 3. The molecule has 0 bridgehead atoms. The molecule has 0 unspecified atom stereocenters. The van der Waals surface area contributed by atoms with Gasteiger partial charge in [-0.1, -0.05) is 6.07 Å². The summed E-state index contributed by atoms with van der Waals surface area (Å²) in [6, 6.07) is 4.20. The first-order valence-electron chi connectivity index (χ1n) is 6.71. The van der Waals surface area contributed by atoms with E-state index in [2.05, 4.69) is 9.97 Å². The number of imidazole rings is 1. The predicted octanol–water partition coefficient (Wildman–Crippen LogP) is 0.810. The second-order valence-electron chi connectivity index (χ2n) is 5.18. The van der Waals surface area contributed by atoms with Crippen LogP contribution in [0.1, 0.15) is 12.2 Å². The van der Waals surface area contributed by atoms with Gasteiger partial charge in [0.2, 0.25) is 0 Å². The third-order valence-corrected chi connectivity index (χ3v) is 3.72. The second-order valence-corrected chi connectivity index (χ2v) is 5.18. The van der Waals surface area contributed by atoms with Crippen LogP contribution in [0, 0.1) is 5.82 Å². The number of hydrogen-bond acceptors (Lipinski definition) is 5. The molecule has 2 heterocycles. The van der Waals surface area contributed by atoms with Crippen molar-refractivity contribution < 1.29 is 19.0 Å². The van der Waals surface area contributed by atoms with Gasteiger partial charge in [0, 0.05) is 13.0 Å². The molecule has 112 valence electrons. The van der Waals surface area contributed by atoms with E-state index in [4.69, 9.17) is 4.74 Å². The molecule has 6 nitrogen and oxygen atoms in total. The number of esters is 1. The Morgan fingerprint density at radius 2 is 2.43 bits per heavy atom. The minimum Gasteiger partial charge on any atom is -0.468 e. The lowest BCUT2D eigenvalue weighted by atomic mass is 10.2. The van der Waals surface area contributed by atoms with Crippen LogP contribution >= 0.6 is 0 Å². The molecular weight excluding hydrogens is 277 g/mol. The third-order valence-electron chi connectivity index (χ3n) is 3.72. The van der Waals surface area contributed by atoms with Gasteiger partial charge in [0.25, 0.3) is 0 Å². The van der Waals surface area contributed by atoms with Gasteiger partial charge in [0.15, 0.2) is 5.82 Å². The zero-order valence-corrected chi connectivity index (χ0v) is 11.5. The Hall–Kier alpha value is -1.99. The fraction of sp³-hybridized carbons (Fsp3) is 0.429. The zero-order valence-electron chi connectivity index (χ0n) is 11.5. The molecule has 21 heavy (non-hydrogen) atoms. The summed E-state index contributed by atoms with van der Waals surface area (Å²) >= 11 is 0. The molecule has 0 amide bonds. The number of hydrogen-bond donors (Lipinski definition) is 2. The van der Waals surface area contributed by atoms with E-state index in [1.807, 2.05) is 0 Å². The van der Waals surface area contributed by atoms with E-state index >= 15 is 0 Å². The van der Waals surface area contributed by atoms with Gasteiger partial charge < -0.3 is 14.8 Å². The van der Waals surface area contributed by atoms with Gasteiger partial charge in [-0.3, -0.25) is 9.69 Å². The summed E-state index contributed by atoms with van der Waals surface area (Å²) in [5, 5.41) is 9.74.